The molecule has 4 rings (SSSR count). The van der Waals surface area contributed by atoms with Crippen LogP contribution in [0.1, 0.15) is 34.6 Å². The lowest BCUT2D eigenvalue weighted by atomic mass is 10.0. The molecule has 1 amide bonds. The third-order valence-corrected chi connectivity index (χ3v) is 5.31. The average molecular weight is 398 g/mol. The number of benzene rings is 1. The van der Waals surface area contributed by atoms with Gasteiger partial charge in [0.2, 0.25) is 5.95 Å². The van der Waals surface area contributed by atoms with E-state index in [0.29, 0.717) is 31.4 Å². The largest absolute Gasteiger partial charge is 0.497 e. The van der Waals surface area contributed by atoms with Gasteiger partial charge in [-0.05, 0) is 30.7 Å². The Morgan fingerprint density at radius 3 is 2.52 bits per heavy atom. The fourth-order valence-electron chi connectivity index (χ4n) is 3.66. The van der Waals surface area contributed by atoms with E-state index in [2.05, 4.69) is 20.2 Å². The summed E-state index contributed by atoms with van der Waals surface area (Å²) in [4.78, 5) is 23.8. The zero-order valence-electron chi connectivity index (χ0n) is 16.8. The van der Waals surface area contributed by atoms with E-state index >= 15 is 0 Å². The zero-order valence-corrected chi connectivity index (χ0v) is 16.8. The number of carbonyl (C=O) groups is 1. The number of nitrogens with one attached hydrogen (secondary N) is 1. The molecule has 29 heavy (non-hydrogen) atoms. The Bertz CT molecular complexity index is 855. The first kappa shape index (κ1) is 19.6. The van der Waals surface area contributed by atoms with Gasteiger partial charge in [0.25, 0.3) is 5.91 Å². The molecule has 0 atom stereocenters. The van der Waals surface area contributed by atoms with Gasteiger partial charge in [-0.1, -0.05) is 12.1 Å². The molecule has 8 nitrogen and oxygen atoms in total. The summed E-state index contributed by atoms with van der Waals surface area (Å²) in [6, 6.07) is 9.30. The number of hydrogen-bond acceptors (Lipinski definition) is 7. The quantitative estimate of drug-likeness (QED) is 0.825. The maximum Gasteiger partial charge on any atom is 0.270 e. The highest BCUT2D eigenvalue weighted by atomic mass is 16.7. The van der Waals surface area contributed by atoms with Gasteiger partial charge in [0, 0.05) is 38.2 Å². The first-order chi connectivity index (χ1) is 14.1. The van der Waals surface area contributed by atoms with Crippen LogP contribution < -0.4 is 15.0 Å². The van der Waals surface area contributed by atoms with Crippen LogP contribution in [-0.2, 0) is 16.0 Å². The molecule has 0 saturated carbocycles. The molecule has 0 unspecified atom stereocenters. The number of ether oxygens (including phenoxy) is 3. The Hall–Kier alpha value is -2.71. The molecule has 0 aliphatic carbocycles. The lowest BCUT2D eigenvalue weighted by Crippen LogP contribution is -2.45. The molecule has 3 heterocycles. The van der Waals surface area contributed by atoms with E-state index in [9.17, 15) is 4.79 Å². The van der Waals surface area contributed by atoms with Gasteiger partial charge in [-0.2, -0.15) is 0 Å². The van der Waals surface area contributed by atoms with E-state index in [4.69, 9.17) is 14.2 Å². The fourth-order valence-corrected chi connectivity index (χ4v) is 3.66. The van der Waals surface area contributed by atoms with Crippen molar-refractivity contribution in [1.82, 2.24) is 15.3 Å². The molecule has 1 spiro atoms. The standard InChI is InChI=1S/C21H26N4O4/c1-15-13-18(19(26)22-14-16-3-5-17(27-2)6-4-16)24-20(23-15)25-9-7-21(8-10-25)28-11-12-29-21/h3-6,13H,7-12,14H2,1-2H3,(H,22,26). The summed E-state index contributed by atoms with van der Waals surface area (Å²) >= 11 is 0. The van der Waals surface area contributed by atoms with Crippen molar-refractivity contribution in [3.05, 3.63) is 47.3 Å². The van der Waals surface area contributed by atoms with Crippen LogP contribution in [0.15, 0.2) is 30.3 Å². The second-order valence-electron chi connectivity index (χ2n) is 7.32. The molecule has 0 bridgehead atoms. The summed E-state index contributed by atoms with van der Waals surface area (Å²) in [5.74, 6) is 0.697. The molecule has 2 aliphatic rings. The van der Waals surface area contributed by atoms with Crippen molar-refractivity contribution < 1.29 is 19.0 Å². The summed E-state index contributed by atoms with van der Waals surface area (Å²) in [7, 11) is 1.63. The number of hydrogen-bond donors (Lipinski definition) is 1. The second-order valence-corrected chi connectivity index (χ2v) is 7.32. The van der Waals surface area contributed by atoms with Crippen molar-refractivity contribution >= 4 is 11.9 Å². The summed E-state index contributed by atoms with van der Waals surface area (Å²) in [6.07, 6.45) is 1.53. The van der Waals surface area contributed by atoms with E-state index in [1.807, 2.05) is 31.2 Å². The molecule has 2 saturated heterocycles. The van der Waals surface area contributed by atoms with Crippen molar-refractivity contribution in [3.8, 4) is 5.75 Å². The van der Waals surface area contributed by atoms with Crippen molar-refractivity contribution in [2.45, 2.75) is 32.1 Å². The first-order valence-corrected chi connectivity index (χ1v) is 9.87. The summed E-state index contributed by atoms with van der Waals surface area (Å²) in [5.41, 5.74) is 2.12. The molecule has 1 aromatic heterocycles. The Labute approximate surface area is 170 Å². The maximum absolute atomic E-state index is 12.6. The Kier molecular flexibility index (Phi) is 5.64. The number of anilines is 1. The van der Waals surface area contributed by atoms with E-state index < -0.39 is 5.79 Å². The Balaban J connectivity index is 1.40. The molecule has 8 heteroatoms. The van der Waals surface area contributed by atoms with E-state index in [1.54, 1.807) is 13.2 Å². The van der Waals surface area contributed by atoms with Crippen LogP contribution in [0, 0.1) is 6.92 Å². The van der Waals surface area contributed by atoms with Crippen LogP contribution >= 0.6 is 0 Å². The summed E-state index contributed by atoms with van der Waals surface area (Å²) in [6.45, 7) is 5.06. The van der Waals surface area contributed by atoms with Crippen molar-refractivity contribution in [1.29, 1.82) is 0 Å². The predicted octanol–water partition coefficient (Wildman–Crippen LogP) is 2.07. The fraction of sp³-hybridized carbons (Fsp3) is 0.476. The van der Waals surface area contributed by atoms with Gasteiger partial charge in [0.1, 0.15) is 11.4 Å². The van der Waals surface area contributed by atoms with Crippen LogP contribution in [0.5, 0.6) is 5.75 Å². The Morgan fingerprint density at radius 1 is 1.17 bits per heavy atom. The molecule has 154 valence electrons. The lowest BCUT2D eigenvalue weighted by molar-refractivity contribution is -0.169. The summed E-state index contributed by atoms with van der Waals surface area (Å²) in [5, 5.41) is 2.92. The SMILES string of the molecule is COc1ccc(CNC(=O)c2cc(C)nc(N3CCC4(CC3)OCCO4)n2)cc1. The van der Waals surface area contributed by atoms with Gasteiger partial charge in [0.15, 0.2) is 5.79 Å². The number of amides is 1. The minimum Gasteiger partial charge on any atom is -0.497 e. The number of nitrogens with zero attached hydrogens (tertiary/aromatic N) is 3. The normalized spacial score (nSPS) is 18.1. The maximum atomic E-state index is 12.6. The molecule has 2 aromatic rings. The van der Waals surface area contributed by atoms with Crippen LogP contribution in [-0.4, -0.2) is 55.1 Å². The van der Waals surface area contributed by atoms with Gasteiger partial charge in [-0.25, -0.2) is 9.97 Å². The third kappa shape index (κ3) is 4.49. The average Bonchev–Trinajstić information content (AvgIpc) is 3.20. The molecule has 0 radical (unpaired) electrons. The van der Waals surface area contributed by atoms with Gasteiger partial charge in [-0.3, -0.25) is 4.79 Å². The number of aromatic nitrogens is 2. The Morgan fingerprint density at radius 2 is 1.86 bits per heavy atom. The monoisotopic (exact) mass is 398 g/mol. The van der Waals surface area contributed by atoms with Crippen LogP contribution in [0.25, 0.3) is 0 Å². The van der Waals surface area contributed by atoms with Gasteiger partial charge in [-0.15, -0.1) is 0 Å². The van der Waals surface area contributed by atoms with Crippen molar-refractivity contribution in [3.63, 3.8) is 0 Å². The van der Waals surface area contributed by atoms with Crippen molar-refractivity contribution in [2.75, 3.05) is 38.3 Å². The van der Waals surface area contributed by atoms with Gasteiger partial charge in [0.05, 0.1) is 20.3 Å². The van der Waals surface area contributed by atoms with Gasteiger partial charge >= 0.3 is 0 Å². The highest BCUT2D eigenvalue weighted by Crippen LogP contribution is 2.32. The lowest BCUT2D eigenvalue weighted by Gasteiger charge is -2.37. The highest BCUT2D eigenvalue weighted by Gasteiger charge is 2.40. The molecule has 2 aliphatic heterocycles. The molecule has 1 N–H and O–H groups in total. The van der Waals surface area contributed by atoms with Crippen molar-refractivity contribution in [2.24, 2.45) is 0 Å². The van der Waals surface area contributed by atoms with E-state index in [-0.39, 0.29) is 5.91 Å². The third-order valence-electron chi connectivity index (χ3n) is 5.31. The van der Waals surface area contributed by atoms with Crippen LogP contribution in [0.2, 0.25) is 0 Å². The number of methoxy groups -OCH3 is 1. The molecule has 2 fully saturated rings. The number of carbonyl (C=O) groups excluding carboxylic acids is 1. The number of rotatable bonds is 5. The zero-order chi connectivity index (χ0) is 20.3. The second kappa shape index (κ2) is 8.34. The smallest absolute Gasteiger partial charge is 0.270 e. The van der Waals surface area contributed by atoms with Crippen LogP contribution in [0.4, 0.5) is 5.95 Å². The van der Waals surface area contributed by atoms with E-state index in [1.165, 1.54) is 0 Å². The molecular weight excluding hydrogens is 372 g/mol. The van der Waals surface area contributed by atoms with Gasteiger partial charge < -0.3 is 24.4 Å². The highest BCUT2D eigenvalue weighted by molar-refractivity contribution is 5.92. The predicted molar refractivity (Wildman–Crippen MR) is 107 cm³/mol. The first-order valence-electron chi connectivity index (χ1n) is 9.87. The van der Waals surface area contributed by atoms with Crippen LogP contribution in [0.3, 0.4) is 0 Å². The molecule has 1 aromatic carbocycles. The number of aryl methyl sites for hydroxylation is 1. The van der Waals surface area contributed by atoms with E-state index in [0.717, 1.165) is 42.9 Å². The summed E-state index contributed by atoms with van der Waals surface area (Å²) < 4.78 is 16.7. The minimum absolute atomic E-state index is 0.219. The topological polar surface area (TPSA) is 85.8 Å². The number of piperidine rings is 1. The minimum atomic E-state index is -0.446. The molecular formula is C21H26N4O4.